The van der Waals surface area contributed by atoms with Crippen LogP contribution in [0.5, 0.6) is 5.75 Å². The smallest absolute Gasteiger partial charge is 0.273 e. The third-order valence-electron chi connectivity index (χ3n) is 2.67. The minimum Gasteiger partial charge on any atom is -0.496 e. The van der Waals surface area contributed by atoms with Crippen molar-refractivity contribution in [1.82, 2.24) is 5.32 Å². The van der Waals surface area contributed by atoms with Crippen molar-refractivity contribution in [2.24, 2.45) is 5.92 Å². The van der Waals surface area contributed by atoms with Crippen LogP contribution in [-0.2, 0) is 11.3 Å². The summed E-state index contributed by atoms with van der Waals surface area (Å²) in [5.41, 5.74) is 0.872. The zero-order valence-electron chi connectivity index (χ0n) is 11.5. The molecule has 1 rings (SSSR count). The van der Waals surface area contributed by atoms with Gasteiger partial charge in [0.2, 0.25) is 0 Å². The standard InChI is InChI=1S/C13H20N2O4/c1-10(9-18-2)7-14-8-11-4-12(15(16)17)6-13(5-11)19-3/h4-6,10,14H,7-9H2,1-3H3. The summed E-state index contributed by atoms with van der Waals surface area (Å²) in [6.45, 7) is 4.11. The van der Waals surface area contributed by atoms with E-state index in [1.54, 1.807) is 19.2 Å². The maximum atomic E-state index is 10.8. The van der Waals surface area contributed by atoms with E-state index in [1.807, 2.05) is 0 Å². The van der Waals surface area contributed by atoms with Crippen LogP contribution >= 0.6 is 0 Å². The van der Waals surface area contributed by atoms with E-state index in [0.717, 1.165) is 12.1 Å². The first-order valence-electron chi connectivity index (χ1n) is 6.08. The van der Waals surface area contributed by atoms with Crippen molar-refractivity contribution >= 4 is 5.69 Å². The van der Waals surface area contributed by atoms with Crippen LogP contribution in [0.2, 0.25) is 0 Å². The van der Waals surface area contributed by atoms with E-state index in [-0.39, 0.29) is 5.69 Å². The number of rotatable bonds is 8. The van der Waals surface area contributed by atoms with Crippen molar-refractivity contribution in [3.8, 4) is 5.75 Å². The molecule has 6 heteroatoms. The molecule has 19 heavy (non-hydrogen) atoms. The first kappa shape index (κ1) is 15.4. The Morgan fingerprint density at radius 3 is 2.68 bits per heavy atom. The molecule has 0 saturated heterocycles. The lowest BCUT2D eigenvalue weighted by Gasteiger charge is -2.12. The fourth-order valence-corrected chi connectivity index (χ4v) is 1.78. The molecule has 1 atom stereocenters. The first-order chi connectivity index (χ1) is 9.06. The van der Waals surface area contributed by atoms with Crippen LogP contribution in [0.4, 0.5) is 5.69 Å². The van der Waals surface area contributed by atoms with Gasteiger partial charge in [0.25, 0.3) is 5.69 Å². The highest BCUT2D eigenvalue weighted by atomic mass is 16.6. The number of nitro benzene ring substituents is 1. The van der Waals surface area contributed by atoms with Crippen LogP contribution in [0.25, 0.3) is 0 Å². The number of methoxy groups -OCH3 is 2. The Kier molecular flexibility index (Phi) is 6.24. The van der Waals surface area contributed by atoms with Gasteiger partial charge in [0.05, 0.1) is 18.1 Å². The third kappa shape index (κ3) is 5.23. The van der Waals surface area contributed by atoms with Crippen LogP contribution in [0.15, 0.2) is 18.2 Å². The third-order valence-corrected chi connectivity index (χ3v) is 2.67. The molecule has 6 nitrogen and oxygen atoms in total. The zero-order chi connectivity index (χ0) is 14.3. The minimum atomic E-state index is -0.417. The maximum absolute atomic E-state index is 10.8. The number of nitrogens with one attached hydrogen (secondary N) is 1. The predicted molar refractivity (Wildman–Crippen MR) is 72.4 cm³/mol. The van der Waals surface area contributed by atoms with Crippen molar-refractivity contribution in [3.05, 3.63) is 33.9 Å². The summed E-state index contributed by atoms with van der Waals surface area (Å²) in [5.74, 6) is 0.890. The molecular formula is C13H20N2O4. The van der Waals surface area contributed by atoms with Crippen molar-refractivity contribution in [1.29, 1.82) is 0 Å². The van der Waals surface area contributed by atoms with Gasteiger partial charge in [-0.25, -0.2) is 0 Å². The number of nitrogens with zero attached hydrogens (tertiary/aromatic N) is 1. The molecule has 0 spiro atoms. The molecule has 0 saturated carbocycles. The molecule has 0 amide bonds. The quantitative estimate of drug-likeness (QED) is 0.576. The normalized spacial score (nSPS) is 12.2. The monoisotopic (exact) mass is 268 g/mol. The average molecular weight is 268 g/mol. The molecule has 0 aliphatic rings. The van der Waals surface area contributed by atoms with E-state index in [4.69, 9.17) is 9.47 Å². The van der Waals surface area contributed by atoms with E-state index in [0.29, 0.717) is 24.8 Å². The van der Waals surface area contributed by atoms with Crippen LogP contribution in [-0.4, -0.2) is 32.3 Å². The highest BCUT2D eigenvalue weighted by molar-refractivity contribution is 5.42. The summed E-state index contributed by atoms with van der Waals surface area (Å²) in [5, 5.41) is 14.0. The minimum absolute atomic E-state index is 0.0427. The summed E-state index contributed by atoms with van der Waals surface area (Å²) in [6, 6.07) is 4.76. The molecule has 1 N–H and O–H groups in total. The van der Waals surface area contributed by atoms with Gasteiger partial charge in [-0.3, -0.25) is 10.1 Å². The molecule has 1 unspecified atom stereocenters. The number of nitro groups is 1. The van der Waals surface area contributed by atoms with Gasteiger partial charge in [-0.2, -0.15) is 0 Å². The Morgan fingerprint density at radius 1 is 1.37 bits per heavy atom. The molecular weight excluding hydrogens is 248 g/mol. The Morgan fingerprint density at radius 2 is 2.11 bits per heavy atom. The van der Waals surface area contributed by atoms with Gasteiger partial charge in [0.1, 0.15) is 5.75 Å². The highest BCUT2D eigenvalue weighted by Gasteiger charge is 2.10. The molecule has 1 aromatic rings. The van der Waals surface area contributed by atoms with E-state index >= 15 is 0 Å². The SMILES string of the molecule is COCC(C)CNCc1cc(OC)cc([N+](=O)[O-])c1. The van der Waals surface area contributed by atoms with E-state index in [9.17, 15) is 10.1 Å². The molecule has 0 aromatic heterocycles. The highest BCUT2D eigenvalue weighted by Crippen LogP contribution is 2.22. The van der Waals surface area contributed by atoms with Gasteiger partial charge in [-0.15, -0.1) is 0 Å². The predicted octanol–water partition coefficient (Wildman–Crippen LogP) is 1.98. The average Bonchev–Trinajstić information content (AvgIpc) is 2.38. The van der Waals surface area contributed by atoms with Gasteiger partial charge in [0, 0.05) is 32.9 Å². The first-order valence-corrected chi connectivity index (χ1v) is 6.08. The van der Waals surface area contributed by atoms with Crippen molar-refractivity contribution in [3.63, 3.8) is 0 Å². The Hall–Kier alpha value is -1.66. The number of hydrogen-bond donors (Lipinski definition) is 1. The Bertz CT molecular complexity index is 423. The lowest BCUT2D eigenvalue weighted by Crippen LogP contribution is -2.23. The largest absolute Gasteiger partial charge is 0.496 e. The van der Waals surface area contributed by atoms with E-state index in [1.165, 1.54) is 13.2 Å². The Balaban J connectivity index is 2.62. The summed E-state index contributed by atoms with van der Waals surface area (Å²) in [7, 11) is 3.17. The van der Waals surface area contributed by atoms with Crippen molar-refractivity contribution < 1.29 is 14.4 Å². The van der Waals surface area contributed by atoms with Gasteiger partial charge >= 0.3 is 0 Å². The summed E-state index contributed by atoms with van der Waals surface area (Å²) < 4.78 is 10.1. The molecule has 0 aliphatic heterocycles. The molecule has 0 bridgehead atoms. The molecule has 0 fully saturated rings. The Labute approximate surface area is 112 Å². The van der Waals surface area contributed by atoms with Crippen LogP contribution in [0.3, 0.4) is 0 Å². The lowest BCUT2D eigenvalue weighted by atomic mass is 10.1. The number of benzene rings is 1. The van der Waals surface area contributed by atoms with Crippen molar-refractivity contribution in [2.45, 2.75) is 13.5 Å². The lowest BCUT2D eigenvalue weighted by molar-refractivity contribution is -0.385. The number of hydrogen-bond acceptors (Lipinski definition) is 5. The fourth-order valence-electron chi connectivity index (χ4n) is 1.78. The van der Waals surface area contributed by atoms with Crippen LogP contribution in [0.1, 0.15) is 12.5 Å². The summed E-state index contributed by atoms with van der Waals surface area (Å²) >= 11 is 0. The van der Waals surface area contributed by atoms with E-state index < -0.39 is 4.92 Å². The van der Waals surface area contributed by atoms with Crippen LogP contribution in [0, 0.1) is 16.0 Å². The van der Waals surface area contributed by atoms with E-state index in [2.05, 4.69) is 12.2 Å². The molecule has 1 aromatic carbocycles. The number of ether oxygens (including phenoxy) is 2. The second-order valence-electron chi connectivity index (χ2n) is 4.49. The summed E-state index contributed by atoms with van der Waals surface area (Å²) in [4.78, 5) is 10.4. The van der Waals surface area contributed by atoms with Gasteiger partial charge in [-0.1, -0.05) is 6.92 Å². The fraction of sp³-hybridized carbons (Fsp3) is 0.538. The van der Waals surface area contributed by atoms with Gasteiger partial charge < -0.3 is 14.8 Å². The summed E-state index contributed by atoms with van der Waals surface area (Å²) in [6.07, 6.45) is 0. The second kappa shape index (κ2) is 7.70. The molecule has 0 radical (unpaired) electrons. The maximum Gasteiger partial charge on any atom is 0.273 e. The molecule has 0 heterocycles. The van der Waals surface area contributed by atoms with Gasteiger partial charge in [0.15, 0.2) is 0 Å². The zero-order valence-corrected chi connectivity index (χ0v) is 11.5. The van der Waals surface area contributed by atoms with Crippen LogP contribution < -0.4 is 10.1 Å². The topological polar surface area (TPSA) is 73.6 Å². The van der Waals surface area contributed by atoms with Crippen molar-refractivity contribution in [2.75, 3.05) is 27.4 Å². The number of non-ortho nitro benzene ring substituents is 1. The second-order valence-corrected chi connectivity index (χ2v) is 4.49. The molecule has 106 valence electrons. The van der Waals surface area contributed by atoms with Gasteiger partial charge in [-0.05, 0) is 17.5 Å². The molecule has 0 aliphatic carbocycles.